The van der Waals surface area contributed by atoms with Crippen LogP contribution < -0.4 is 20.9 Å². The Morgan fingerprint density at radius 2 is 1.72 bits per heavy atom. The molecule has 2 aromatic carbocycles. The summed E-state index contributed by atoms with van der Waals surface area (Å²) in [5, 5.41) is 2.54. The fraction of sp³-hybridized carbons (Fsp3) is 0.167. The van der Waals surface area contributed by atoms with Crippen LogP contribution in [-0.2, 0) is 11.2 Å². The first-order chi connectivity index (χ1) is 12.0. The Hall–Kier alpha value is -2.93. The van der Waals surface area contributed by atoms with Gasteiger partial charge in [0, 0.05) is 0 Å². The van der Waals surface area contributed by atoms with Crippen LogP contribution in [0.25, 0.3) is 0 Å². The number of aryl methyl sites for hydroxylation is 1. The summed E-state index contributed by atoms with van der Waals surface area (Å²) in [5.74, 6) is -0.248. The molecule has 0 unspecified atom stereocenters. The van der Waals surface area contributed by atoms with E-state index >= 15 is 0 Å². The maximum absolute atomic E-state index is 12.1. The van der Waals surface area contributed by atoms with Gasteiger partial charge in [-0.2, -0.15) is 0 Å². The van der Waals surface area contributed by atoms with E-state index in [9.17, 15) is 9.59 Å². The molecule has 2 amide bonds. The number of hydrazine groups is 1. The first-order valence-electron chi connectivity index (χ1n) is 7.59. The van der Waals surface area contributed by atoms with Crippen molar-refractivity contribution in [2.75, 3.05) is 7.11 Å². The van der Waals surface area contributed by atoms with Crippen LogP contribution in [0, 0.1) is 6.92 Å². The van der Waals surface area contributed by atoms with Gasteiger partial charge in [0.2, 0.25) is 5.91 Å². The molecular weight excluding hydrogens is 338 g/mol. The molecule has 0 heterocycles. The monoisotopic (exact) mass is 357 g/mol. The van der Waals surface area contributed by atoms with Crippen LogP contribution in [0.4, 0.5) is 0 Å². The van der Waals surface area contributed by atoms with Gasteiger partial charge < -0.3 is 10.1 Å². The van der Waals surface area contributed by atoms with Crippen molar-refractivity contribution < 1.29 is 14.3 Å². The molecule has 0 spiro atoms. The first kappa shape index (κ1) is 18.4. The van der Waals surface area contributed by atoms with Gasteiger partial charge in [-0.3, -0.25) is 20.4 Å². The molecule has 0 saturated heterocycles. The largest absolute Gasteiger partial charge is 0.496 e. The highest BCUT2D eigenvalue weighted by Crippen LogP contribution is 2.16. The fourth-order valence-corrected chi connectivity index (χ4v) is 2.36. The van der Waals surface area contributed by atoms with Crippen LogP contribution in [-0.4, -0.2) is 24.0 Å². The number of rotatable bonds is 4. The molecule has 0 saturated carbocycles. The van der Waals surface area contributed by atoms with Crippen LogP contribution in [0.2, 0.25) is 0 Å². The Kier molecular flexibility index (Phi) is 6.47. The number of ether oxygens (including phenoxy) is 1. The standard InChI is InChI=1S/C18H19N3O3S/c1-12-7-3-4-8-13(12)11-16(22)19-18(25)21-20-17(23)14-9-5-6-10-15(14)24-2/h3-10H,11H2,1-2H3,(H,20,23)(H2,19,21,22,25). The predicted molar refractivity (Wildman–Crippen MR) is 99.2 cm³/mol. The zero-order valence-corrected chi connectivity index (χ0v) is 14.8. The molecule has 0 aliphatic rings. The lowest BCUT2D eigenvalue weighted by Crippen LogP contribution is -2.48. The highest BCUT2D eigenvalue weighted by Gasteiger charge is 2.12. The van der Waals surface area contributed by atoms with Crippen molar-refractivity contribution in [1.29, 1.82) is 0 Å². The molecule has 0 aliphatic heterocycles. The molecule has 130 valence electrons. The van der Waals surface area contributed by atoms with Gasteiger partial charge in [0.1, 0.15) is 5.75 Å². The van der Waals surface area contributed by atoms with E-state index in [4.69, 9.17) is 17.0 Å². The maximum atomic E-state index is 12.1. The van der Waals surface area contributed by atoms with Gasteiger partial charge in [-0.25, -0.2) is 0 Å². The molecule has 0 fully saturated rings. The van der Waals surface area contributed by atoms with E-state index in [0.29, 0.717) is 11.3 Å². The van der Waals surface area contributed by atoms with Crippen molar-refractivity contribution in [2.24, 2.45) is 0 Å². The first-order valence-corrected chi connectivity index (χ1v) is 7.99. The van der Waals surface area contributed by atoms with Crippen molar-refractivity contribution in [2.45, 2.75) is 13.3 Å². The Morgan fingerprint density at radius 3 is 2.44 bits per heavy atom. The van der Waals surface area contributed by atoms with Crippen LogP contribution in [0.3, 0.4) is 0 Å². The van der Waals surface area contributed by atoms with Crippen molar-refractivity contribution in [3.05, 3.63) is 65.2 Å². The number of hydrogen-bond donors (Lipinski definition) is 3. The quantitative estimate of drug-likeness (QED) is 0.575. The van der Waals surface area contributed by atoms with Gasteiger partial charge in [-0.1, -0.05) is 36.4 Å². The van der Waals surface area contributed by atoms with E-state index in [2.05, 4.69) is 16.2 Å². The number of carbonyl (C=O) groups is 2. The normalized spacial score (nSPS) is 9.84. The third kappa shape index (κ3) is 5.29. The van der Waals surface area contributed by atoms with Gasteiger partial charge in [-0.05, 0) is 42.4 Å². The van der Waals surface area contributed by atoms with Gasteiger partial charge in [0.05, 0.1) is 19.1 Å². The Bertz CT molecular complexity index is 793. The average molecular weight is 357 g/mol. The summed E-state index contributed by atoms with van der Waals surface area (Å²) in [7, 11) is 1.48. The molecule has 3 N–H and O–H groups in total. The number of thiocarbonyl (C=S) groups is 1. The number of hydrogen-bond acceptors (Lipinski definition) is 4. The summed E-state index contributed by atoms with van der Waals surface area (Å²) in [4.78, 5) is 24.1. The molecule has 0 radical (unpaired) electrons. The van der Waals surface area contributed by atoms with E-state index in [-0.39, 0.29) is 17.4 Å². The molecule has 0 aromatic heterocycles. The number of nitrogens with one attached hydrogen (secondary N) is 3. The molecule has 0 bridgehead atoms. The van der Waals surface area contributed by atoms with Crippen LogP contribution in [0.1, 0.15) is 21.5 Å². The minimum absolute atomic E-state index is 0.0156. The van der Waals surface area contributed by atoms with Crippen LogP contribution in [0.5, 0.6) is 5.75 Å². The lowest BCUT2D eigenvalue weighted by molar-refractivity contribution is -0.119. The minimum Gasteiger partial charge on any atom is -0.496 e. The Balaban J connectivity index is 1.85. The van der Waals surface area contributed by atoms with Gasteiger partial charge in [-0.15, -0.1) is 0 Å². The third-order valence-corrected chi connectivity index (χ3v) is 3.71. The van der Waals surface area contributed by atoms with Crippen molar-refractivity contribution >= 4 is 29.1 Å². The molecule has 0 atom stereocenters. The molecule has 2 aromatic rings. The van der Waals surface area contributed by atoms with E-state index in [0.717, 1.165) is 11.1 Å². The zero-order chi connectivity index (χ0) is 18.2. The van der Waals surface area contributed by atoms with E-state index < -0.39 is 5.91 Å². The molecule has 7 heteroatoms. The lowest BCUT2D eigenvalue weighted by atomic mass is 10.1. The summed E-state index contributed by atoms with van der Waals surface area (Å²) in [5.41, 5.74) is 7.24. The predicted octanol–water partition coefficient (Wildman–Crippen LogP) is 1.88. The summed E-state index contributed by atoms with van der Waals surface area (Å²) in [6.07, 6.45) is 0.203. The Labute approximate surface area is 151 Å². The second-order valence-corrected chi connectivity index (χ2v) is 5.67. The summed E-state index contributed by atoms with van der Waals surface area (Å²) < 4.78 is 5.12. The number of carbonyl (C=O) groups excluding carboxylic acids is 2. The molecule has 0 aliphatic carbocycles. The van der Waals surface area contributed by atoms with E-state index in [1.54, 1.807) is 24.3 Å². The SMILES string of the molecule is COc1ccccc1C(=O)NNC(=S)NC(=O)Cc1ccccc1C. The van der Waals surface area contributed by atoms with Crippen molar-refractivity contribution in [3.63, 3.8) is 0 Å². The molecule has 2 rings (SSSR count). The number of para-hydroxylation sites is 1. The summed E-state index contributed by atoms with van der Waals surface area (Å²) in [6.45, 7) is 1.94. The van der Waals surface area contributed by atoms with Crippen molar-refractivity contribution in [1.82, 2.24) is 16.2 Å². The third-order valence-electron chi connectivity index (χ3n) is 3.51. The van der Waals surface area contributed by atoms with Gasteiger partial charge >= 0.3 is 0 Å². The Morgan fingerprint density at radius 1 is 1.04 bits per heavy atom. The van der Waals surface area contributed by atoms with Crippen molar-refractivity contribution in [3.8, 4) is 5.75 Å². The topological polar surface area (TPSA) is 79.5 Å². The number of amides is 2. The highest BCUT2D eigenvalue weighted by atomic mass is 32.1. The number of methoxy groups -OCH3 is 1. The number of benzene rings is 2. The summed E-state index contributed by atoms with van der Waals surface area (Å²) in [6, 6.07) is 14.4. The van der Waals surface area contributed by atoms with Crippen LogP contribution >= 0.6 is 12.2 Å². The fourth-order valence-electron chi connectivity index (χ4n) is 2.20. The molecular formula is C18H19N3O3S. The highest BCUT2D eigenvalue weighted by molar-refractivity contribution is 7.80. The zero-order valence-electron chi connectivity index (χ0n) is 14.0. The smallest absolute Gasteiger partial charge is 0.273 e. The lowest BCUT2D eigenvalue weighted by Gasteiger charge is -2.12. The van der Waals surface area contributed by atoms with Crippen LogP contribution in [0.15, 0.2) is 48.5 Å². The molecule has 6 nitrogen and oxygen atoms in total. The van der Waals surface area contributed by atoms with E-state index in [1.165, 1.54) is 7.11 Å². The van der Waals surface area contributed by atoms with E-state index in [1.807, 2.05) is 31.2 Å². The molecule has 25 heavy (non-hydrogen) atoms. The second-order valence-electron chi connectivity index (χ2n) is 5.26. The average Bonchev–Trinajstić information content (AvgIpc) is 2.61. The van der Waals surface area contributed by atoms with Gasteiger partial charge in [0.15, 0.2) is 5.11 Å². The maximum Gasteiger partial charge on any atom is 0.273 e. The summed E-state index contributed by atoms with van der Waals surface area (Å²) >= 11 is 5.02. The minimum atomic E-state index is -0.423. The van der Waals surface area contributed by atoms with Gasteiger partial charge in [0.25, 0.3) is 5.91 Å². The second kappa shape index (κ2) is 8.79.